The summed E-state index contributed by atoms with van der Waals surface area (Å²) in [6.45, 7) is 3.61. The fraction of sp³-hybridized carbons (Fsp3) is 0.778. The van der Waals surface area contributed by atoms with E-state index < -0.39 is 25.9 Å². The minimum Gasteiger partial charge on any atom is -0.481 e. The number of ether oxygens (including phenoxy) is 1. The third-order valence-corrected chi connectivity index (χ3v) is 3.33. The van der Waals surface area contributed by atoms with Crippen LogP contribution in [0.2, 0.25) is 0 Å². The molecule has 0 amide bonds. The smallest absolute Gasteiger partial charge is 0.367 e. The Bertz CT molecular complexity index is 292. The topological polar surface area (TPSA) is 99.1 Å². The number of carbonyl (C=O) groups is 2. The molecule has 0 aromatic rings. The van der Waals surface area contributed by atoms with Gasteiger partial charge in [0.25, 0.3) is 0 Å². The molecule has 0 radical (unpaired) electrons. The largest absolute Gasteiger partial charge is 0.481 e. The van der Waals surface area contributed by atoms with Crippen molar-refractivity contribution in [3.63, 3.8) is 0 Å². The highest BCUT2D eigenvalue weighted by molar-refractivity contribution is 7.53. The molecule has 0 heterocycles. The molecule has 0 spiro atoms. The van der Waals surface area contributed by atoms with E-state index in [2.05, 4.69) is 4.74 Å². The first kappa shape index (κ1) is 16.1. The molecule has 0 fully saturated rings. The third kappa shape index (κ3) is 7.90. The van der Waals surface area contributed by atoms with Gasteiger partial charge in [-0.15, -0.1) is 0 Å². The summed E-state index contributed by atoms with van der Waals surface area (Å²) < 4.78 is 26.2. The number of hydrogen-bond acceptors (Lipinski definition) is 6. The molecule has 0 atom stereocenters. The average Bonchev–Trinajstić information content (AvgIpc) is 2.24. The van der Waals surface area contributed by atoms with Crippen LogP contribution in [0.15, 0.2) is 0 Å². The molecule has 0 aliphatic rings. The molecule has 0 aromatic carbocycles. The van der Waals surface area contributed by atoms with Crippen molar-refractivity contribution in [2.75, 3.05) is 19.6 Å². The lowest BCUT2D eigenvalue weighted by Gasteiger charge is -2.16. The predicted octanol–water partition coefficient (Wildman–Crippen LogP) is 1.62. The van der Waals surface area contributed by atoms with E-state index in [0.717, 1.165) is 0 Å². The highest BCUT2D eigenvalue weighted by Gasteiger charge is 2.25. The van der Waals surface area contributed by atoms with E-state index in [0.29, 0.717) is 0 Å². The van der Waals surface area contributed by atoms with Crippen LogP contribution in [0.5, 0.6) is 0 Å². The number of esters is 1. The van der Waals surface area contributed by atoms with Gasteiger partial charge in [-0.1, -0.05) is 0 Å². The van der Waals surface area contributed by atoms with Gasteiger partial charge in [0.15, 0.2) is 6.35 Å². The van der Waals surface area contributed by atoms with Gasteiger partial charge in [-0.25, -0.2) is 0 Å². The SMILES string of the molecule is CCOP(=O)(COC(=O)CCC(=O)O)OCC. The zero-order chi connectivity index (χ0) is 13.3. The summed E-state index contributed by atoms with van der Waals surface area (Å²) in [7, 11) is -3.41. The number of carbonyl (C=O) groups excluding carboxylic acids is 1. The maximum Gasteiger partial charge on any atom is 0.367 e. The Morgan fingerprint density at radius 2 is 1.65 bits per heavy atom. The van der Waals surface area contributed by atoms with Crippen molar-refractivity contribution in [3.8, 4) is 0 Å². The van der Waals surface area contributed by atoms with E-state index in [9.17, 15) is 14.2 Å². The molecule has 0 saturated heterocycles. The zero-order valence-corrected chi connectivity index (χ0v) is 10.8. The quantitative estimate of drug-likeness (QED) is 0.501. The molecule has 17 heavy (non-hydrogen) atoms. The second kappa shape index (κ2) is 8.22. The third-order valence-electron chi connectivity index (χ3n) is 1.58. The average molecular weight is 268 g/mol. The summed E-state index contributed by atoms with van der Waals surface area (Å²) in [6.07, 6.45) is -1.09. The molecule has 0 aliphatic carbocycles. The van der Waals surface area contributed by atoms with E-state index >= 15 is 0 Å². The van der Waals surface area contributed by atoms with Gasteiger partial charge in [0, 0.05) is 0 Å². The second-order valence-corrected chi connectivity index (χ2v) is 4.98. The molecular weight excluding hydrogens is 251 g/mol. The Kier molecular flexibility index (Phi) is 7.78. The normalized spacial score (nSPS) is 11.2. The van der Waals surface area contributed by atoms with E-state index in [-0.39, 0.29) is 26.1 Å². The van der Waals surface area contributed by atoms with Crippen LogP contribution in [0.25, 0.3) is 0 Å². The minimum atomic E-state index is -3.41. The van der Waals surface area contributed by atoms with Crippen LogP contribution in [0.3, 0.4) is 0 Å². The van der Waals surface area contributed by atoms with Gasteiger partial charge in [0.05, 0.1) is 26.1 Å². The van der Waals surface area contributed by atoms with E-state index in [4.69, 9.17) is 14.2 Å². The van der Waals surface area contributed by atoms with Crippen LogP contribution in [0.4, 0.5) is 0 Å². The Labute approximate surface area is 99.6 Å². The number of carboxylic acid groups (broad SMARTS) is 1. The molecule has 0 rings (SSSR count). The number of hydrogen-bond donors (Lipinski definition) is 1. The lowest BCUT2D eigenvalue weighted by molar-refractivity contribution is -0.146. The fourth-order valence-corrected chi connectivity index (χ4v) is 2.25. The van der Waals surface area contributed by atoms with Crippen LogP contribution in [-0.4, -0.2) is 36.6 Å². The van der Waals surface area contributed by atoms with Crippen molar-refractivity contribution in [2.24, 2.45) is 0 Å². The predicted molar refractivity (Wildman–Crippen MR) is 58.7 cm³/mol. The van der Waals surface area contributed by atoms with Crippen molar-refractivity contribution in [1.29, 1.82) is 0 Å². The Balaban J connectivity index is 4.08. The van der Waals surface area contributed by atoms with Crippen LogP contribution >= 0.6 is 7.60 Å². The van der Waals surface area contributed by atoms with Gasteiger partial charge in [-0.2, -0.15) is 0 Å². The first-order valence-electron chi connectivity index (χ1n) is 5.19. The molecule has 1 N–H and O–H groups in total. The number of aliphatic carboxylic acids is 1. The summed E-state index contributed by atoms with van der Waals surface area (Å²) in [5, 5.41) is 8.35. The molecule has 0 saturated carbocycles. The fourth-order valence-electron chi connectivity index (χ4n) is 0.937. The molecule has 0 aliphatic heterocycles. The maximum atomic E-state index is 11.8. The molecule has 100 valence electrons. The van der Waals surface area contributed by atoms with Crippen LogP contribution in [-0.2, 0) is 27.9 Å². The Hall–Kier alpha value is -0.910. The standard InChI is InChI=1S/C9H17O7P/c1-3-15-17(13,16-4-2)7-14-9(12)6-5-8(10)11/h3-7H2,1-2H3,(H,10,11). The van der Waals surface area contributed by atoms with Gasteiger partial charge in [-0.05, 0) is 13.8 Å². The van der Waals surface area contributed by atoms with Crippen molar-refractivity contribution in [2.45, 2.75) is 26.7 Å². The van der Waals surface area contributed by atoms with E-state index in [1.165, 1.54) is 0 Å². The minimum absolute atomic E-state index is 0.171. The summed E-state index contributed by atoms with van der Waals surface area (Å²) in [5.74, 6) is -1.84. The number of rotatable bonds is 9. The molecular formula is C9H17O7P. The molecule has 8 heteroatoms. The van der Waals surface area contributed by atoms with Gasteiger partial charge < -0.3 is 18.9 Å². The first-order chi connectivity index (χ1) is 7.93. The first-order valence-corrected chi connectivity index (χ1v) is 6.92. The summed E-state index contributed by atoms with van der Waals surface area (Å²) >= 11 is 0. The van der Waals surface area contributed by atoms with Gasteiger partial charge in [0.1, 0.15) is 0 Å². The van der Waals surface area contributed by atoms with E-state index in [1.54, 1.807) is 13.8 Å². The van der Waals surface area contributed by atoms with Crippen molar-refractivity contribution in [1.82, 2.24) is 0 Å². The maximum absolute atomic E-state index is 11.8. The molecule has 0 unspecified atom stereocenters. The Morgan fingerprint density at radius 3 is 2.06 bits per heavy atom. The number of carboxylic acids is 1. The van der Waals surface area contributed by atoms with Crippen LogP contribution in [0, 0.1) is 0 Å². The van der Waals surface area contributed by atoms with Crippen LogP contribution < -0.4 is 0 Å². The lowest BCUT2D eigenvalue weighted by Crippen LogP contribution is -2.11. The van der Waals surface area contributed by atoms with Gasteiger partial charge in [0.2, 0.25) is 0 Å². The van der Waals surface area contributed by atoms with Gasteiger partial charge in [-0.3, -0.25) is 14.2 Å². The highest BCUT2D eigenvalue weighted by Crippen LogP contribution is 2.47. The highest BCUT2D eigenvalue weighted by atomic mass is 31.2. The molecule has 0 bridgehead atoms. The van der Waals surface area contributed by atoms with Crippen molar-refractivity contribution < 1.29 is 33.0 Å². The zero-order valence-electron chi connectivity index (χ0n) is 9.88. The lowest BCUT2D eigenvalue weighted by atomic mass is 10.3. The monoisotopic (exact) mass is 268 g/mol. The molecule has 0 aromatic heterocycles. The van der Waals surface area contributed by atoms with Crippen molar-refractivity contribution >= 4 is 19.5 Å². The van der Waals surface area contributed by atoms with E-state index in [1.807, 2.05) is 0 Å². The van der Waals surface area contributed by atoms with Crippen LogP contribution in [0.1, 0.15) is 26.7 Å². The summed E-state index contributed by atoms with van der Waals surface area (Å²) in [6, 6.07) is 0. The Morgan fingerprint density at radius 1 is 1.12 bits per heavy atom. The second-order valence-electron chi connectivity index (χ2n) is 2.99. The van der Waals surface area contributed by atoms with Crippen molar-refractivity contribution in [3.05, 3.63) is 0 Å². The van der Waals surface area contributed by atoms with Gasteiger partial charge >= 0.3 is 19.5 Å². The summed E-state index contributed by atoms with van der Waals surface area (Å²) in [5.41, 5.74) is 0. The molecule has 7 nitrogen and oxygen atoms in total. The summed E-state index contributed by atoms with van der Waals surface area (Å²) in [4.78, 5) is 21.3.